The summed E-state index contributed by atoms with van der Waals surface area (Å²) >= 11 is 0. The highest BCUT2D eigenvalue weighted by atomic mass is 16.4. The summed E-state index contributed by atoms with van der Waals surface area (Å²) in [6.07, 6.45) is 3.09. The zero-order chi connectivity index (χ0) is 24.9. The Morgan fingerprint density at radius 3 is 2.34 bits per heavy atom. The van der Waals surface area contributed by atoms with Crippen LogP contribution in [0.4, 0.5) is 5.69 Å². The molecule has 1 unspecified atom stereocenters. The predicted octanol–water partition coefficient (Wildman–Crippen LogP) is 4.52. The lowest BCUT2D eigenvalue weighted by Crippen LogP contribution is -2.40. The topological polar surface area (TPSA) is 93.4 Å². The lowest BCUT2D eigenvalue weighted by molar-refractivity contribution is -0.142. The van der Waals surface area contributed by atoms with Crippen molar-refractivity contribution in [2.24, 2.45) is 17.0 Å². The number of amides is 1. The van der Waals surface area contributed by atoms with Crippen molar-refractivity contribution in [3.8, 4) is 0 Å². The molecule has 0 saturated carbocycles. The highest BCUT2D eigenvalue weighted by molar-refractivity contribution is 5.90. The van der Waals surface area contributed by atoms with Crippen molar-refractivity contribution in [3.05, 3.63) is 65.2 Å². The van der Waals surface area contributed by atoms with E-state index in [-0.39, 0.29) is 23.7 Å². The molecule has 2 N–H and O–H groups in total. The van der Waals surface area contributed by atoms with Crippen LogP contribution in [-0.4, -0.2) is 59.5 Å². The molecule has 2 aliphatic rings. The standard InChI is InChI=1S/C28H35N3O4/c1-19-5-3-4-6-24(19)25(17-26(29-35)22-9-12-27(32)30(2)18-22)20-7-10-23(11-8-20)31-15-13-21(14-16-31)28(33)34/h3-8,10-11,21-22,25,35H,9,12-18H2,1-2H3,(H,33,34)/b29-26+/t22-,25?/m1/s1. The number of rotatable bonds is 7. The van der Waals surface area contributed by atoms with Crippen LogP contribution in [0.3, 0.4) is 0 Å². The molecule has 2 aliphatic heterocycles. The van der Waals surface area contributed by atoms with Gasteiger partial charge in [-0.05, 0) is 55.0 Å². The minimum absolute atomic E-state index is 0.0248. The summed E-state index contributed by atoms with van der Waals surface area (Å²) in [6, 6.07) is 16.8. The van der Waals surface area contributed by atoms with Gasteiger partial charge < -0.3 is 20.1 Å². The van der Waals surface area contributed by atoms with Gasteiger partial charge in [0.05, 0.1) is 11.6 Å². The summed E-state index contributed by atoms with van der Waals surface area (Å²) in [7, 11) is 1.81. The van der Waals surface area contributed by atoms with Crippen LogP contribution >= 0.6 is 0 Å². The normalized spacial score (nSPS) is 20.7. The summed E-state index contributed by atoms with van der Waals surface area (Å²) in [5.74, 6) is -0.741. The van der Waals surface area contributed by atoms with Crippen LogP contribution < -0.4 is 4.90 Å². The molecule has 2 heterocycles. The molecule has 186 valence electrons. The zero-order valence-corrected chi connectivity index (χ0v) is 20.6. The number of aliphatic carboxylic acids is 1. The molecular weight excluding hydrogens is 442 g/mol. The highest BCUT2D eigenvalue weighted by Gasteiger charge is 2.30. The van der Waals surface area contributed by atoms with E-state index in [4.69, 9.17) is 0 Å². The number of benzene rings is 2. The van der Waals surface area contributed by atoms with E-state index >= 15 is 0 Å². The van der Waals surface area contributed by atoms with Gasteiger partial charge in [0.2, 0.25) is 5.91 Å². The summed E-state index contributed by atoms with van der Waals surface area (Å²) in [6.45, 7) is 4.16. The number of anilines is 1. The third-order valence-electron chi connectivity index (χ3n) is 7.71. The number of piperidine rings is 2. The first-order valence-corrected chi connectivity index (χ1v) is 12.5. The van der Waals surface area contributed by atoms with Gasteiger partial charge in [0.1, 0.15) is 0 Å². The van der Waals surface area contributed by atoms with E-state index in [9.17, 15) is 19.9 Å². The second kappa shape index (κ2) is 10.9. The van der Waals surface area contributed by atoms with Gasteiger partial charge >= 0.3 is 5.97 Å². The van der Waals surface area contributed by atoms with Gasteiger partial charge in [-0.2, -0.15) is 0 Å². The van der Waals surface area contributed by atoms with Crippen LogP contribution in [0, 0.1) is 18.8 Å². The van der Waals surface area contributed by atoms with Crippen LogP contribution in [0.5, 0.6) is 0 Å². The Balaban J connectivity index is 1.56. The third-order valence-corrected chi connectivity index (χ3v) is 7.71. The Hall–Kier alpha value is -3.35. The number of nitrogens with zero attached hydrogens (tertiary/aromatic N) is 3. The first-order chi connectivity index (χ1) is 16.9. The van der Waals surface area contributed by atoms with Gasteiger partial charge in [0, 0.05) is 57.0 Å². The fourth-order valence-corrected chi connectivity index (χ4v) is 5.47. The maximum absolute atomic E-state index is 12.0. The highest BCUT2D eigenvalue weighted by Crippen LogP contribution is 2.35. The molecule has 35 heavy (non-hydrogen) atoms. The van der Waals surface area contributed by atoms with E-state index in [1.165, 1.54) is 11.1 Å². The molecule has 7 heteroatoms. The van der Waals surface area contributed by atoms with Gasteiger partial charge in [-0.15, -0.1) is 0 Å². The molecule has 2 atom stereocenters. The van der Waals surface area contributed by atoms with Crippen LogP contribution in [-0.2, 0) is 9.59 Å². The molecule has 0 spiro atoms. The van der Waals surface area contributed by atoms with Crippen molar-refractivity contribution in [1.29, 1.82) is 0 Å². The average molecular weight is 478 g/mol. The molecule has 0 bridgehead atoms. The van der Waals surface area contributed by atoms with Crippen molar-refractivity contribution in [2.75, 3.05) is 31.6 Å². The minimum atomic E-state index is -0.698. The van der Waals surface area contributed by atoms with Crippen molar-refractivity contribution in [2.45, 2.75) is 44.9 Å². The molecule has 2 aromatic carbocycles. The second-order valence-electron chi connectivity index (χ2n) is 9.91. The summed E-state index contributed by atoms with van der Waals surface area (Å²) in [4.78, 5) is 27.2. The van der Waals surface area contributed by atoms with E-state index in [1.54, 1.807) is 11.9 Å². The lowest BCUT2D eigenvalue weighted by Gasteiger charge is -2.33. The van der Waals surface area contributed by atoms with E-state index < -0.39 is 5.97 Å². The van der Waals surface area contributed by atoms with Gasteiger partial charge in [0.25, 0.3) is 0 Å². The summed E-state index contributed by atoms with van der Waals surface area (Å²) in [5.41, 5.74) is 5.36. The number of hydrogen-bond donors (Lipinski definition) is 2. The second-order valence-corrected chi connectivity index (χ2v) is 9.91. The van der Waals surface area contributed by atoms with E-state index in [0.717, 1.165) is 30.1 Å². The third kappa shape index (κ3) is 5.66. The number of oxime groups is 1. The molecule has 0 aliphatic carbocycles. The van der Waals surface area contributed by atoms with Crippen LogP contribution in [0.25, 0.3) is 0 Å². The smallest absolute Gasteiger partial charge is 0.306 e. The molecule has 1 amide bonds. The maximum Gasteiger partial charge on any atom is 0.306 e. The number of aryl methyl sites for hydroxylation is 1. The number of carboxylic acid groups (broad SMARTS) is 1. The Bertz CT molecular complexity index is 1070. The van der Waals surface area contributed by atoms with Crippen LogP contribution in [0.1, 0.15) is 54.7 Å². The lowest BCUT2D eigenvalue weighted by atomic mass is 9.80. The van der Waals surface area contributed by atoms with Crippen molar-refractivity contribution in [3.63, 3.8) is 0 Å². The van der Waals surface area contributed by atoms with Crippen molar-refractivity contribution in [1.82, 2.24) is 4.90 Å². The zero-order valence-electron chi connectivity index (χ0n) is 20.6. The average Bonchev–Trinajstić information content (AvgIpc) is 2.87. The molecule has 0 aromatic heterocycles. The number of likely N-dealkylation sites (tertiary alicyclic amines) is 1. The fraction of sp³-hybridized carbons (Fsp3) is 0.464. The summed E-state index contributed by atoms with van der Waals surface area (Å²) < 4.78 is 0. The molecule has 2 aromatic rings. The van der Waals surface area contributed by atoms with E-state index in [0.29, 0.717) is 38.6 Å². The van der Waals surface area contributed by atoms with E-state index in [2.05, 4.69) is 53.4 Å². The molecule has 4 rings (SSSR count). The number of carbonyl (C=O) groups excluding carboxylic acids is 1. The molecule has 7 nitrogen and oxygen atoms in total. The van der Waals surface area contributed by atoms with Crippen LogP contribution in [0.15, 0.2) is 53.7 Å². The quantitative estimate of drug-likeness (QED) is 0.348. The Morgan fingerprint density at radius 2 is 1.74 bits per heavy atom. The van der Waals surface area contributed by atoms with Crippen molar-refractivity contribution < 1.29 is 19.9 Å². The van der Waals surface area contributed by atoms with E-state index in [1.807, 2.05) is 12.1 Å². The molecule has 2 fully saturated rings. The molecule has 2 saturated heterocycles. The fourth-order valence-electron chi connectivity index (χ4n) is 5.47. The first-order valence-electron chi connectivity index (χ1n) is 12.5. The monoisotopic (exact) mass is 477 g/mol. The van der Waals surface area contributed by atoms with Crippen LogP contribution in [0.2, 0.25) is 0 Å². The van der Waals surface area contributed by atoms with Gasteiger partial charge in [0.15, 0.2) is 0 Å². The number of hydrogen-bond acceptors (Lipinski definition) is 5. The molecule has 0 radical (unpaired) electrons. The Kier molecular flexibility index (Phi) is 7.73. The largest absolute Gasteiger partial charge is 0.481 e. The predicted molar refractivity (Wildman–Crippen MR) is 136 cm³/mol. The first kappa shape index (κ1) is 24.8. The van der Waals surface area contributed by atoms with Crippen molar-refractivity contribution >= 4 is 23.3 Å². The Labute approximate surface area is 207 Å². The number of carbonyl (C=O) groups is 2. The van der Waals surface area contributed by atoms with Gasteiger partial charge in [-0.1, -0.05) is 41.6 Å². The SMILES string of the molecule is Cc1ccccc1C(C/C(=N\O)[C@@H]1CCC(=O)N(C)C1)c1ccc(N2CCC(C(=O)O)CC2)cc1. The van der Waals surface area contributed by atoms with Gasteiger partial charge in [-0.3, -0.25) is 9.59 Å². The minimum Gasteiger partial charge on any atom is -0.481 e. The summed E-state index contributed by atoms with van der Waals surface area (Å²) in [5, 5.41) is 23.0. The Morgan fingerprint density at radius 1 is 1.06 bits per heavy atom. The maximum atomic E-state index is 12.0. The molecular formula is C28H35N3O4. The number of carboxylic acids is 1. The van der Waals surface area contributed by atoms with Gasteiger partial charge in [-0.25, -0.2) is 0 Å².